The molecule has 2 aromatic carbocycles. The molecule has 4 rings (SSSR count). The number of carbonyl (C=O) groups excluding carboxylic acids is 2. The zero-order chi connectivity index (χ0) is 20.2. The van der Waals surface area contributed by atoms with E-state index in [0.29, 0.717) is 30.2 Å². The number of aromatic nitrogens is 1. The Hall–Kier alpha value is -3.74. The van der Waals surface area contributed by atoms with Crippen LogP contribution in [0.1, 0.15) is 17.9 Å². The van der Waals surface area contributed by atoms with Gasteiger partial charge in [0, 0.05) is 42.5 Å². The number of halogens is 1. The van der Waals surface area contributed by atoms with E-state index in [-0.39, 0.29) is 17.6 Å². The average molecular weight is 390 g/mol. The average Bonchev–Trinajstić information content (AvgIpc) is 3.12. The van der Waals surface area contributed by atoms with Crippen molar-refractivity contribution in [2.75, 3.05) is 22.1 Å². The second kappa shape index (κ2) is 8.10. The van der Waals surface area contributed by atoms with Crippen molar-refractivity contribution < 1.29 is 14.0 Å². The van der Waals surface area contributed by atoms with Crippen LogP contribution in [0.15, 0.2) is 72.9 Å². The largest absolute Gasteiger partial charge is 0.324 e. The first-order chi connectivity index (χ1) is 14.1. The molecule has 0 bridgehead atoms. The van der Waals surface area contributed by atoms with Crippen LogP contribution in [-0.2, 0) is 4.79 Å². The second-order valence-corrected chi connectivity index (χ2v) is 6.80. The van der Waals surface area contributed by atoms with Crippen molar-refractivity contribution in [3.8, 4) is 0 Å². The molecule has 3 aromatic rings. The van der Waals surface area contributed by atoms with E-state index >= 15 is 0 Å². The molecular formula is C22H19FN4O2. The van der Waals surface area contributed by atoms with E-state index in [1.165, 1.54) is 24.3 Å². The Morgan fingerprint density at radius 3 is 2.55 bits per heavy atom. The van der Waals surface area contributed by atoms with Gasteiger partial charge in [0.25, 0.3) is 0 Å². The van der Waals surface area contributed by atoms with Crippen LogP contribution in [0.2, 0.25) is 0 Å². The van der Waals surface area contributed by atoms with Crippen LogP contribution in [0.5, 0.6) is 0 Å². The predicted molar refractivity (Wildman–Crippen MR) is 109 cm³/mol. The quantitative estimate of drug-likeness (QED) is 0.694. The lowest BCUT2D eigenvalue weighted by Gasteiger charge is -2.18. The first-order valence-electron chi connectivity index (χ1n) is 9.23. The summed E-state index contributed by atoms with van der Waals surface area (Å²) in [6, 6.07) is 18.3. The number of amides is 3. The summed E-state index contributed by atoms with van der Waals surface area (Å²) in [7, 11) is 0. The lowest BCUT2D eigenvalue weighted by molar-refractivity contribution is -0.117. The van der Waals surface area contributed by atoms with E-state index in [1.807, 2.05) is 30.3 Å². The Balaban J connectivity index is 1.44. The van der Waals surface area contributed by atoms with Crippen LogP contribution < -0.4 is 15.5 Å². The summed E-state index contributed by atoms with van der Waals surface area (Å²) in [5.41, 5.74) is 2.27. The smallest absolute Gasteiger partial charge is 0.312 e. The maximum absolute atomic E-state index is 13.0. The zero-order valence-corrected chi connectivity index (χ0v) is 15.5. The normalized spacial score (nSPS) is 16.0. The molecule has 2 heterocycles. The fourth-order valence-electron chi connectivity index (χ4n) is 3.37. The highest BCUT2D eigenvalue weighted by Gasteiger charge is 2.31. The molecule has 29 heavy (non-hydrogen) atoms. The van der Waals surface area contributed by atoms with Gasteiger partial charge in [0.05, 0.1) is 0 Å². The number of nitrogens with zero attached hydrogens (tertiary/aromatic N) is 2. The number of carbonyl (C=O) groups is 2. The van der Waals surface area contributed by atoms with Gasteiger partial charge in [-0.05, 0) is 35.9 Å². The van der Waals surface area contributed by atoms with Gasteiger partial charge in [-0.15, -0.1) is 0 Å². The van der Waals surface area contributed by atoms with Gasteiger partial charge in [-0.1, -0.05) is 30.3 Å². The molecule has 1 aromatic heterocycles. The number of rotatable bonds is 4. The molecule has 1 saturated heterocycles. The second-order valence-electron chi connectivity index (χ2n) is 6.80. The maximum Gasteiger partial charge on any atom is 0.324 e. The summed E-state index contributed by atoms with van der Waals surface area (Å²) < 4.78 is 13.0. The fourth-order valence-corrected chi connectivity index (χ4v) is 3.37. The van der Waals surface area contributed by atoms with Crippen LogP contribution in [-0.4, -0.2) is 23.5 Å². The summed E-state index contributed by atoms with van der Waals surface area (Å²) in [4.78, 5) is 30.5. The molecule has 2 N–H and O–H groups in total. The molecule has 0 aliphatic carbocycles. The van der Waals surface area contributed by atoms with E-state index in [2.05, 4.69) is 15.6 Å². The number of benzene rings is 2. The van der Waals surface area contributed by atoms with E-state index in [1.54, 1.807) is 23.2 Å². The molecule has 0 spiro atoms. The Morgan fingerprint density at radius 2 is 1.79 bits per heavy atom. The van der Waals surface area contributed by atoms with Gasteiger partial charge in [-0.2, -0.15) is 0 Å². The van der Waals surface area contributed by atoms with Crippen LogP contribution >= 0.6 is 0 Å². The van der Waals surface area contributed by atoms with E-state index in [9.17, 15) is 14.0 Å². The van der Waals surface area contributed by atoms with E-state index < -0.39 is 6.03 Å². The lowest BCUT2D eigenvalue weighted by atomic mass is 9.99. The summed E-state index contributed by atoms with van der Waals surface area (Å²) in [5, 5.41) is 5.24. The number of hydrogen-bond donors (Lipinski definition) is 2. The van der Waals surface area contributed by atoms with Gasteiger partial charge in [0.1, 0.15) is 11.6 Å². The number of hydrogen-bond acceptors (Lipinski definition) is 3. The van der Waals surface area contributed by atoms with Gasteiger partial charge in [0.2, 0.25) is 5.91 Å². The molecule has 3 amide bonds. The van der Waals surface area contributed by atoms with Crippen molar-refractivity contribution >= 4 is 29.1 Å². The minimum Gasteiger partial charge on any atom is -0.312 e. The monoisotopic (exact) mass is 390 g/mol. The third-order valence-corrected chi connectivity index (χ3v) is 4.79. The molecule has 7 heteroatoms. The van der Waals surface area contributed by atoms with Gasteiger partial charge in [0.15, 0.2) is 0 Å². The summed E-state index contributed by atoms with van der Waals surface area (Å²) in [5.74, 6) is 0.106. The van der Waals surface area contributed by atoms with Crippen molar-refractivity contribution in [3.05, 3.63) is 84.3 Å². The Morgan fingerprint density at radius 1 is 1.03 bits per heavy atom. The minimum atomic E-state index is -0.504. The van der Waals surface area contributed by atoms with Gasteiger partial charge in [-0.25, -0.2) is 14.2 Å². The summed E-state index contributed by atoms with van der Waals surface area (Å²) >= 11 is 0. The van der Waals surface area contributed by atoms with Gasteiger partial charge >= 0.3 is 6.03 Å². The highest BCUT2D eigenvalue weighted by atomic mass is 19.1. The van der Waals surface area contributed by atoms with Crippen LogP contribution in [0.4, 0.5) is 26.4 Å². The van der Waals surface area contributed by atoms with E-state index in [4.69, 9.17) is 0 Å². The third kappa shape index (κ3) is 4.40. The van der Waals surface area contributed by atoms with Gasteiger partial charge < -0.3 is 10.2 Å². The highest BCUT2D eigenvalue weighted by Crippen LogP contribution is 2.32. The molecule has 1 unspecified atom stereocenters. The molecule has 0 saturated carbocycles. The topological polar surface area (TPSA) is 74.3 Å². The molecule has 1 aliphatic rings. The van der Waals surface area contributed by atoms with Crippen molar-refractivity contribution in [3.63, 3.8) is 0 Å². The maximum atomic E-state index is 13.0. The van der Waals surface area contributed by atoms with Gasteiger partial charge in [-0.3, -0.25) is 10.1 Å². The molecule has 1 aliphatic heterocycles. The standard InChI is InChI=1S/C22H19FN4O2/c23-17-6-8-18(9-7-17)25-22(29)26-20-13-19(10-11-24-20)27-14-16(12-21(27)28)15-4-2-1-3-5-15/h1-11,13,16H,12,14H2,(H2,24,25,26,29). The molecule has 1 atom stereocenters. The fraction of sp³-hybridized carbons (Fsp3) is 0.136. The lowest BCUT2D eigenvalue weighted by Crippen LogP contribution is -2.25. The first-order valence-corrected chi connectivity index (χ1v) is 9.23. The van der Waals surface area contributed by atoms with Crippen molar-refractivity contribution in [2.24, 2.45) is 0 Å². The first kappa shape index (κ1) is 18.6. The number of urea groups is 1. The van der Waals surface area contributed by atoms with Crippen molar-refractivity contribution in [1.82, 2.24) is 4.98 Å². The SMILES string of the molecule is O=C(Nc1ccc(F)cc1)Nc1cc(N2CC(c3ccccc3)CC2=O)ccn1. The van der Waals surface area contributed by atoms with Crippen LogP contribution in [0.25, 0.3) is 0 Å². The zero-order valence-electron chi connectivity index (χ0n) is 15.5. The molecule has 1 fully saturated rings. The van der Waals surface area contributed by atoms with Crippen LogP contribution in [0.3, 0.4) is 0 Å². The summed E-state index contributed by atoms with van der Waals surface area (Å²) in [6.07, 6.45) is 1.99. The van der Waals surface area contributed by atoms with Crippen molar-refractivity contribution in [2.45, 2.75) is 12.3 Å². The molecule has 0 radical (unpaired) electrons. The van der Waals surface area contributed by atoms with Crippen molar-refractivity contribution in [1.29, 1.82) is 0 Å². The number of nitrogens with one attached hydrogen (secondary N) is 2. The van der Waals surface area contributed by atoms with Crippen LogP contribution in [0, 0.1) is 5.82 Å². The highest BCUT2D eigenvalue weighted by molar-refractivity contribution is 6.00. The molecule has 6 nitrogen and oxygen atoms in total. The number of anilines is 3. The Kier molecular flexibility index (Phi) is 5.20. The minimum absolute atomic E-state index is 0.0340. The predicted octanol–water partition coefficient (Wildman–Crippen LogP) is 4.39. The number of pyridine rings is 1. The molecular weight excluding hydrogens is 371 g/mol. The summed E-state index contributed by atoms with van der Waals surface area (Å²) in [6.45, 7) is 0.577. The Labute approximate surface area is 167 Å². The third-order valence-electron chi connectivity index (χ3n) is 4.79. The Bertz CT molecular complexity index is 1020. The molecule has 146 valence electrons. The van der Waals surface area contributed by atoms with E-state index in [0.717, 1.165) is 5.56 Å².